The van der Waals surface area contributed by atoms with Gasteiger partial charge in [0.2, 0.25) is 0 Å². The van der Waals surface area contributed by atoms with Crippen LogP contribution in [0.1, 0.15) is 127 Å². The number of piperidine rings is 1. The normalized spacial score (nSPS) is 13.7. The van der Waals surface area contributed by atoms with Crippen molar-refractivity contribution in [2.75, 3.05) is 26.2 Å². The minimum atomic E-state index is 0.0666. The molecular weight excluding hydrogens is 669 g/mol. The summed E-state index contributed by atoms with van der Waals surface area (Å²) in [6, 6.07) is 11.2. The van der Waals surface area contributed by atoms with Crippen LogP contribution < -0.4 is 11.0 Å². The molecule has 1 fully saturated rings. The Morgan fingerprint density at radius 1 is 0.547 bits per heavy atom. The van der Waals surface area contributed by atoms with E-state index in [1.165, 1.54) is 32.4 Å². The first-order valence-electron chi connectivity index (χ1n) is 19.1. The van der Waals surface area contributed by atoms with Crippen molar-refractivity contribution in [1.29, 1.82) is 0 Å². The maximum absolute atomic E-state index is 11.0. The number of hydrogen-bond acceptors (Lipinski definition) is 10. The minimum Gasteiger partial charge on any atom is -0.352 e. The summed E-state index contributed by atoms with van der Waals surface area (Å²) in [6.07, 6.45) is 16.7. The van der Waals surface area contributed by atoms with Crippen LogP contribution in [0.15, 0.2) is 93.6 Å². The van der Waals surface area contributed by atoms with Crippen molar-refractivity contribution in [2.24, 2.45) is 10.3 Å². The minimum absolute atomic E-state index is 0.0666. The zero-order valence-corrected chi connectivity index (χ0v) is 34.5. The maximum atomic E-state index is 11.0. The Labute approximate surface area is 317 Å². The molecule has 0 N–H and O–H groups in total. The van der Waals surface area contributed by atoms with Gasteiger partial charge in [0.25, 0.3) is 5.56 Å². The molecule has 14 heteroatoms. The number of rotatable bonds is 6. The molecule has 0 amide bonds. The van der Waals surface area contributed by atoms with Gasteiger partial charge in [0.15, 0.2) is 5.43 Å². The summed E-state index contributed by atoms with van der Waals surface area (Å²) in [5.41, 5.74) is 0.134. The van der Waals surface area contributed by atoms with Gasteiger partial charge >= 0.3 is 0 Å². The highest BCUT2D eigenvalue weighted by molar-refractivity contribution is 4.95. The molecule has 0 bridgehead atoms. The SMILES string of the molecule is CC(C)N1CCCCC1.CC(C)N1CCN=N1.CC(C)n1ccc(=O)cc1.CC(C)n1ccccc1=O.CC(C)n1ccnn1.CC(C)n1ccnn1. The molecule has 0 spiro atoms. The molecule has 0 unspecified atom stereocenters. The molecule has 4 aromatic rings. The van der Waals surface area contributed by atoms with E-state index in [4.69, 9.17) is 0 Å². The first-order chi connectivity index (χ1) is 25.1. The molecule has 0 aromatic carbocycles. The Bertz CT molecular complexity index is 1530. The van der Waals surface area contributed by atoms with Crippen LogP contribution in [0.25, 0.3) is 0 Å². The van der Waals surface area contributed by atoms with Crippen LogP contribution in [0.4, 0.5) is 0 Å². The molecule has 6 rings (SSSR count). The second kappa shape index (κ2) is 26.3. The lowest BCUT2D eigenvalue weighted by atomic mass is 10.1. The van der Waals surface area contributed by atoms with Gasteiger partial charge in [-0.05, 0) is 115 Å². The van der Waals surface area contributed by atoms with Gasteiger partial charge in [-0.2, -0.15) is 5.11 Å². The third-order valence-corrected chi connectivity index (χ3v) is 8.09. The number of likely N-dealkylation sites (tertiary alicyclic amines) is 1. The lowest BCUT2D eigenvalue weighted by Crippen LogP contribution is -2.35. The van der Waals surface area contributed by atoms with E-state index in [1.54, 1.807) is 69.2 Å². The van der Waals surface area contributed by atoms with Gasteiger partial charge in [-0.15, -0.1) is 10.2 Å². The molecule has 4 aromatic heterocycles. The molecule has 2 aliphatic heterocycles. The summed E-state index contributed by atoms with van der Waals surface area (Å²) in [4.78, 5) is 24.2. The summed E-state index contributed by atoms with van der Waals surface area (Å²) in [6.45, 7) is 29.7. The number of hydrogen-bond donors (Lipinski definition) is 0. The van der Waals surface area contributed by atoms with Crippen molar-refractivity contribution >= 4 is 0 Å². The van der Waals surface area contributed by atoms with Crippen LogP contribution in [0, 0.1) is 0 Å². The topological polar surface area (TPSA) is 137 Å². The standard InChI is InChI=1S/2C8H11NO.C8H17N.C5H11N3.2C5H9N3/c1-7(2)9-5-3-8(10)4-6-9;1-7(2)9-6-4-3-5-8(9)10;1-8(2)9-6-4-3-5-7-9;3*1-5(2)8-4-3-6-7-8/h2*3-7H,1-2H3;8H,3-7H2,1-2H3;5H,3-4H2,1-2H3;2*3-5H,1-2H3. The van der Waals surface area contributed by atoms with Crippen LogP contribution in [0.2, 0.25) is 0 Å². The first kappa shape index (κ1) is 46.6. The van der Waals surface area contributed by atoms with Gasteiger partial charge in [0, 0.05) is 85.4 Å². The summed E-state index contributed by atoms with van der Waals surface area (Å²) in [7, 11) is 0. The van der Waals surface area contributed by atoms with Gasteiger partial charge in [-0.1, -0.05) is 28.1 Å². The lowest BCUT2D eigenvalue weighted by Gasteiger charge is -2.29. The van der Waals surface area contributed by atoms with Crippen molar-refractivity contribution in [2.45, 2.75) is 139 Å². The van der Waals surface area contributed by atoms with Crippen molar-refractivity contribution in [1.82, 2.24) is 49.0 Å². The highest BCUT2D eigenvalue weighted by Gasteiger charge is 2.12. The smallest absolute Gasteiger partial charge is 0.250 e. The Kier molecular flexibility index (Phi) is 23.1. The summed E-state index contributed by atoms with van der Waals surface area (Å²) >= 11 is 0. The fraction of sp³-hybridized carbons (Fsp3) is 0.641. The van der Waals surface area contributed by atoms with Gasteiger partial charge in [-0.25, -0.2) is 0 Å². The van der Waals surface area contributed by atoms with Gasteiger partial charge in [-0.3, -0.25) is 24.0 Å². The molecule has 14 nitrogen and oxygen atoms in total. The Balaban J connectivity index is 0.000000319. The van der Waals surface area contributed by atoms with E-state index < -0.39 is 0 Å². The molecule has 0 radical (unpaired) electrons. The molecule has 2 aliphatic rings. The molecule has 53 heavy (non-hydrogen) atoms. The Hall–Kier alpha value is -4.46. The number of nitrogens with zero attached hydrogens (tertiary/aromatic N) is 12. The van der Waals surface area contributed by atoms with E-state index in [9.17, 15) is 9.59 Å². The largest absolute Gasteiger partial charge is 0.352 e. The van der Waals surface area contributed by atoms with E-state index in [-0.39, 0.29) is 17.0 Å². The average Bonchev–Trinajstić information content (AvgIpc) is 3.95. The van der Waals surface area contributed by atoms with Crippen LogP contribution in [0.3, 0.4) is 0 Å². The fourth-order valence-electron chi connectivity index (χ4n) is 4.73. The van der Waals surface area contributed by atoms with E-state index in [2.05, 4.69) is 105 Å². The third-order valence-electron chi connectivity index (χ3n) is 8.09. The molecule has 0 saturated carbocycles. The van der Waals surface area contributed by atoms with Crippen LogP contribution >= 0.6 is 0 Å². The average molecular weight is 737 g/mol. The monoisotopic (exact) mass is 737 g/mol. The first-order valence-corrected chi connectivity index (χ1v) is 19.1. The van der Waals surface area contributed by atoms with Crippen molar-refractivity contribution < 1.29 is 0 Å². The van der Waals surface area contributed by atoms with Crippen LogP contribution in [-0.4, -0.2) is 87.3 Å². The third kappa shape index (κ3) is 20.4. The van der Waals surface area contributed by atoms with Crippen molar-refractivity contribution in [3.63, 3.8) is 0 Å². The maximum Gasteiger partial charge on any atom is 0.250 e. The molecular formula is C39H68N12O2. The molecule has 6 heterocycles. The quantitative estimate of drug-likeness (QED) is 0.198. The zero-order valence-electron chi connectivity index (χ0n) is 34.5. The van der Waals surface area contributed by atoms with E-state index >= 15 is 0 Å². The van der Waals surface area contributed by atoms with E-state index in [0.29, 0.717) is 24.2 Å². The predicted octanol–water partition coefficient (Wildman–Crippen LogP) is 7.53. The van der Waals surface area contributed by atoms with Gasteiger partial charge in [0.1, 0.15) is 0 Å². The number of aromatic nitrogens is 8. The van der Waals surface area contributed by atoms with Crippen molar-refractivity contribution in [3.8, 4) is 0 Å². The second-order valence-corrected chi connectivity index (χ2v) is 14.5. The molecule has 1 saturated heterocycles. The highest BCUT2D eigenvalue weighted by atomic mass is 16.1. The summed E-state index contributed by atoms with van der Waals surface area (Å²) in [5, 5.41) is 24.6. The zero-order chi connectivity index (χ0) is 39.8. The molecule has 0 aliphatic carbocycles. The summed E-state index contributed by atoms with van der Waals surface area (Å²) in [5.74, 6) is 0. The van der Waals surface area contributed by atoms with Crippen LogP contribution in [0.5, 0.6) is 0 Å². The highest BCUT2D eigenvalue weighted by Crippen LogP contribution is 2.11. The lowest BCUT2D eigenvalue weighted by molar-refractivity contribution is 0.185. The molecule has 296 valence electrons. The second-order valence-electron chi connectivity index (χ2n) is 14.5. The number of pyridine rings is 2. The predicted molar refractivity (Wildman–Crippen MR) is 215 cm³/mol. The van der Waals surface area contributed by atoms with Crippen LogP contribution in [-0.2, 0) is 0 Å². The van der Waals surface area contributed by atoms with E-state index in [0.717, 1.165) is 19.1 Å². The molecule has 0 atom stereocenters. The summed E-state index contributed by atoms with van der Waals surface area (Å²) < 4.78 is 7.29. The van der Waals surface area contributed by atoms with E-state index in [1.807, 2.05) is 41.9 Å². The van der Waals surface area contributed by atoms with Gasteiger partial charge in [0.05, 0.1) is 25.5 Å². The fourth-order valence-corrected chi connectivity index (χ4v) is 4.73. The van der Waals surface area contributed by atoms with Gasteiger partial charge < -0.3 is 14.0 Å². The Morgan fingerprint density at radius 3 is 1.38 bits per heavy atom. The Morgan fingerprint density at radius 2 is 1.09 bits per heavy atom. The van der Waals surface area contributed by atoms with Crippen molar-refractivity contribution in [3.05, 3.63) is 94.3 Å².